The molecule has 1 aromatic carbocycles. The lowest BCUT2D eigenvalue weighted by Crippen LogP contribution is -2.23. The van der Waals surface area contributed by atoms with Crippen molar-refractivity contribution in [3.63, 3.8) is 0 Å². The molecule has 0 saturated carbocycles. The average Bonchev–Trinajstić information content (AvgIpc) is 2.44. The highest BCUT2D eigenvalue weighted by Crippen LogP contribution is 2.33. The molecule has 1 N–H and O–H groups in total. The minimum Gasteiger partial charge on any atom is -0.456 e. The van der Waals surface area contributed by atoms with Crippen molar-refractivity contribution < 1.29 is 22.7 Å². The molecule has 0 fully saturated rings. The van der Waals surface area contributed by atoms with E-state index < -0.39 is 28.5 Å². The molecule has 0 aliphatic rings. The molecular formula is C16H15ClF3N3O2. The van der Waals surface area contributed by atoms with Gasteiger partial charge in [-0.3, -0.25) is 0 Å². The van der Waals surface area contributed by atoms with E-state index in [9.17, 15) is 18.0 Å². The van der Waals surface area contributed by atoms with E-state index in [0.29, 0.717) is 11.9 Å². The molecule has 0 atom stereocenters. The number of rotatable bonds is 3. The van der Waals surface area contributed by atoms with Gasteiger partial charge in [-0.1, -0.05) is 17.7 Å². The average molecular weight is 374 g/mol. The second-order valence-corrected chi connectivity index (χ2v) is 6.46. The van der Waals surface area contributed by atoms with Crippen LogP contribution >= 0.6 is 11.6 Å². The molecule has 0 saturated heterocycles. The van der Waals surface area contributed by atoms with Gasteiger partial charge in [0.15, 0.2) is 0 Å². The van der Waals surface area contributed by atoms with Crippen LogP contribution in [-0.2, 0) is 10.9 Å². The fraction of sp³-hybridized carbons (Fsp3) is 0.312. The van der Waals surface area contributed by atoms with Crippen molar-refractivity contribution in [2.75, 3.05) is 5.32 Å². The summed E-state index contributed by atoms with van der Waals surface area (Å²) in [5.41, 5.74) is -1.09. The van der Waals surface area contributed by atoms with Crippen molar-refractivity contribution in [1.29, 1.82) is 0 Å². The zero-order valence-corrected chi connectivity index (χ0v) is 14.4. The minimum absolute atomic E-state index is 0.126. The molecule has 0 aliphatic carbocycles. The molecule has 2 aromatic rings. The predicted octanol–water partition coefficient (Wildman–Crippen LogP) is 4.85. The van der Waals surface area contributed by atoms with Crippen LogP contribution in [-0.4, -0.2) is 21.5 Å². The zero-order valence-electron chi connectivity index (χ0n) is 13.6. The summed E-state index contributed by atoms with van der Waals surface area (Å²) in [4.78, 5) is 19.2. The normalized spacial score (nSPS) is 12.0. The molecule has 1 aromatic heterocycles. The summed E-state index contributed by atoms with van der Waals surface area (Å²) in [6, 6.07) is 6.22. The number of nitrogens with zero attached hydrogens (tertiary/aromatic N) is 2. The lowest BCUT2D eigenvalue weighted by Gasteiger charge is -2.19. The number of hydrogen-bond acceptors (Lipinski definition) is 5. The van der Waals surface area contributed by atoms with Crippen molar-refractivity contribution in [3.05, 3.63) is 46.7 Å². The number of halogens is 4. The molecule has 0 spiro atoms. The highest BCUT2D eigenvalue weighted by atomic mass is 35.5. The molecule has 0 bridgehead atoms. The summed E-state index contributed by atoms with van der Waals surface area (Å²) < 4.78 is 43.2. The van der Waals surface area contributed by atoms with E-state index in [1.54, 1.807) is 39.0 Å². The van der Waals surface area contributed by atoms with Crippen LogP contribution in [0.5, 0.6) is 0 Å². The highest BCUT2D eigenvalue weighted by molar-refractivity contribution is 6.30. The zero-order chi connectivity index (χ0) is 18.8. The van der Waals surface area contributed by atoms with Gasteiger partial charge in [-0.15, -0.1) is 0 Å². The smallest absolute Gasteiger partial charge is 0.420 e. The number of carbonyl (C=O) groups excluding carboxylic acids is 1. The van der Waals surface area contributed by atoms with Gasteiger partial charge in [0.2, 0.25) is 5.95 Å². The molecule has 0 radical (unpaired) electrons. The molecular weight excluding hydrogens is 359 g/mol. The second kappa shape index (κ2) is 6.87. The molecule has 0 unspecified atom stereocenters. The quantitative estimate of drug-likeness (QED) is 0.615. The third-order valence-electron chi connectivity index (χ3n) is 2.80. The van der Waals surface area contributed by atoms with Gasteiger partial charge in [0.1, 0.15) is 16.3 Å². The summed E-state index contributed by atoms with van der Waals surface area (Å²) in [6.45, 7) is 5.22. The summed E-state index contributed by atoms with van der Waals surface area (Å²) in [5, 5.41) is 1.99. The number of nitrogens with one attached hydrogen (secondary N) is 1. The minimum atomic E-state index is -4.63. The van der Waals surface area contributed by atoms with E-state index in [4.69, 9.17) is 16.3 Å². The van der Waals surface area contributed by atoms with Gasteiger partial charge in [0.05, 0.1) is 5.56 Å². The van der Waals surface area contributed by atoms with Crippen molar-refractivity contribution in [2.24, 2.45) is 0 Å². The van der Waals surface area contributed by atoms with Gasteiger partial charge in [-0.05, 0) is 39.0 Å². The molecule has 134 valence electrons. The van der Waals surface area contributed by atoms with Gasteiger partial charge < -0.3 is 10.1 Å². The van der Waals surface area contributed by atoms with Crippen molar-refractivity contribution in [1.82, 2.24) is 9.97 Å². The molecule has 9 heteroatoms. The number of carbonyl (C=O) groups is 1. The Kier molecular flexibility index (Phi) is 5.22. The predicted molar refractivity (Wildman–Crippen MR) is 86.9 cm³/mol. The first-order valence-corrected chi connectivity index (χ1v) is 7.54. The Labute approximate surface area is 147 Å². The Morgan fingerprint density at radius 1 is 1.24 bits per heavy atom. The topological polar surface area (TPSA) is 64.1 Å². The summed E-state index contributed by atoms with van der Waals surface area (Å²) in [5.74, 6) is -0.651. The van der Waals surface area contributed by atoms with Crippen molar-refractivity contribution in [2.45, 2.75) is 32.5 Å². The van der Waals surface area contributed by atoms with Crippen LogP contribution in [0.25, 0.3) is 0 Å². The van der Waals surface area contributed by atoms with Gasteiger partial charge in [0, 0.05) is 11.9 Å². The number of benzene rings is 1. The third kappa shape index (κ3) is 5.32. The van der Waals surface area contributed by atoms with E-state index in [1.807, 2.05) is 0 Å². The lowest BCUT2D eigenvalue weighted by atomic mass is 10.1. The number of anilines is 2. The van der Waals surface area contributed by atoms with E-state index in [2.05, 4.69) is 15.3 Å². The van der Waals surface area contributed by atoms with Gasteiger partial charge in [-0.2, -0.15) is 13.2 Å². The Balaban J connectivity index is 2.20. The van der Waals surface area contributed by atoms with E-state index in [1.165, 1.54) is 6.07 Å². The summed E-state index contributed by atoms with van der Waals surface area (Å²) >= 11 is 5.55. The number of aromatic nitrogens is 2. The van der Waals surface area contributed by atoms with Crippen LogP contribution in [0.4, 0.5) is 24.8 Å². The lowest BCUT2D eigenvalue weighted by molar-refractivity contribution is -0.137. The van der Waals surface area contributed by atoms with E-state index in [-0.39, 0.29) is 11.5 Å². The van der Waals surface area contributed by atoms with Gasteiger partial charge in [0.25, 0.3) is 0 Å². The molecule has 2 rings (SSSR count). The van der Waals surface area contributed by atoms with Crippen LogP contribution < -0.4 is 5.32 Å². The molecule has 0 amide bonds. The van der Waals surface area contributed by atoms with Gasteiger partial charge in [-0.25, -0.2) is 14.8 Å². The Morgan fingerprint density at radius 2 is 1.92 bits per heavy atom. The number of esters is 1. The molecule has 25 heavy (non-hydrogen) atoms. The van der Waals surface area contributed by atoms with Crippen LogP contribution in [0.2, 0.25) is 5.15 Å². The molecule has 5 nitrogen and oxygen atoms in total. The third-order valence-corrected chi connectivity index (χ3v) is 3.09. The summed E-state index contributed by atoms with van der Waals surface area (Å²) in [6.07, 6.45) is -4.04. The number of hydrogen-bond donors (Lipinski definition) is 1. The Morgan fingerprint density at radius 3 is 2.48 bits per heavy atom. The maximum atomic E-state index is 12.6. The number of alkyl halides is 3. The maximum absolute atomic E-state index is 12.6. The van der Waals surface area contributed by atoms with Crippen molar-refractivity contribution >= 4 is 29.2 Å². The van der Waals surface area contributed by atoms with Crippen LogP contribution in [0, 0.1) is 0 Å². The van der Waals surface area contributed by atoms with Crippen LogP contribution in [0.1, 0.15) is 36.7 Å². The van der Waals surface area contributed by atoms with Gasteiger partial charge >= 0.3 is 12.1 Å². The van der Waals surface area contributed by atoms with E-state index >= 15 is 0 Å². The largest absolute Gasteiger partial charge is 0.456 e. The molecule has 0 aliphatic heterocycles. The van der Waals surface area contributed by atoms with E-state index in [0.717, 1.165) is 0 Å². The van der Waals surface area contributed by atoms with Crippen molar-refractivity contribution in [3.8, 4) is 0 Å². The first kappa shape index (κ1) is 19.0. The Bertz CT molecular complexity index is 789. The fourth-order valence-electron chi connectivity index (χ4n) is 1.80. The second-order valence-electron chi connectivity index (χ2n) is 6.10. The summed E-state index contributed by atoms with van der Waals surface area (Å²) in [7, 11) is 0. The number of ether oxygens (including phenoxy) is 1. The molecule has 1 heterocycles. The maximum Gasteiger partial charge on any atom is 0.420 e. The highest BCUT2D eigenvalue weighted by Gasteiger charge is 2.34. The first-order valence-electron chi connectivity index (χ1n) is 7.16. The standard InChI is InChI=1S/C16H15ClF3N3O2/c1-15(2,3)25-13(24)9-5-4-6-10(7-9)22-14-21-8-11(12(17)23-14)16(18,19)20/h4-8H,1-3H3,(H,21,22,23). The van der Waals surface area contributed by atoms with Crippen LogP contribution in [0.3, 0.4) is 0 Å². The van der Waals surface area contributed by atoms with Crippen LogP contribution in [0.15, 0.2) is 30.5 Å². The monoisotopic (exact) mass is 373 g/mol. The Hall–Kier alpha value is -2.35. The fourth-order valence-corrected chi connectivity index (χ4v) is 2.04. The SMILES string of the molecule is CC(C)(C)OC(=O)c1cccc(Nc2ncc(C(F)(F)F)c(Cl)n2)c1. The first-order chi connectivity index (χ1) is 11.5.